The molecule has 0 fully saturated rings. The first kappa shape index (κ1) is 10.2. The van der Waals surface area contributed by atoms with Gasteiger partial charge in [0.1, 0.15) is 11.5 Å². The monoisotopic (exact) mass is 218 g/mol. The van der Waals surface area contributed by atoms with Crippen LogP contribution in [-0.2, 0) is 0 Å². The Morgan fingerprint density at radius 1 is 1.44 bits per heavy atom. The minimum Gasteiger partial charge on any atom is -0.506 e. The van der Waals surface area contributed by atoms with Crippen LogP contribution in [0.2, 0.25) is 0 Å². The number of phenolic OH excluding ortho intramolecular Hbond substituents is 1. The van der Waals surface area contributed by atoms with Crippen LogP contribution in [0.5, 0.6) is 5.75 Å². The van der Waals surface area contributed by atoms with E-state index >= 15 is 0 Å². The van der Waals surface area contributed by atoms with Crippen LogP contribution >= 0.6 is 0 Å². The summed E-state index contributed by atoms with van der Waals surface area (Å²) in [6.07, 6.45) is 1.46. The summed E-state index contributed by atoms with van der Waals surface area (Å²) >= 11 is 0. The maximum absolute atomic E-state index is 11.6. The maximum atomic E-state index is 11.6. The van der Waals surface area contributed by atoms with Gasteiger partial charge < -0.3 is 14.8 Å². The van der Waals surface area contributed by atoms with Crippen LogP contribution in [0.3, 0.4) is 0 Å². The van der Waals surface area contributed by atoms with Gasteiger partial charge in [-0.05, 0) is 19.1 Å². The molecule has 0 unspecified atom stereocenters. The number of carbonyl (C=O) groups is 1. The summed E-state index contributed by atoms with van der Waals surface area (Å²) < 4.78 is 5.05. The molecule has 0 aliphatic rings. The molecule has 0 saturated carbocycles. The Morgan fingerprint density at radius 2 is 2.19 bits per heavy atom. The molecule has 82 valence electrons. The summed E-state index contributed by atoms with van der Waals surface area (Å²) in [4.78, 5) is 15.4. The predicted octanol–water partition coefficient (Wildman–Crippen LogP) is 1.94. The van der Waals surface area contributed by atoms with Gasteiger partial charge in [0.15, 0.2) is 0 Å². The Hall–Kier alpha value is -2.30. The zero-order valence-electron chi connectivity index (χ0n) is 8.60. The van der Waals surface area contributed by atoms with Crippen molar-refractivity contribution >= 4 is 11.6 Å². The minimum atomic E-state index is -0.491. The number of hydrogen-bond acceptors (Lipinski definition) is 4. The molecular formula is C11H10N2O3. The number of hydrogen-bond donors (Lipinski definition) is 2. The van der Waals surface area contributed by atoms with Gasteiger partial charge in [-0.25, -0.2) is 4.98 Å². The largest absolute Gasteiger partial charge is 0.506 e. The van der Waals surface area contributed by atoms with Crippen molar-refractivity contribution in [1.29, 1.82) is 0 Å². The van der Waals surface area contributed by atoms with E-state index in [4.69, 9.17) is 4.42 Å². The van der Waals surface area contributed by atoms with Crippen molar-refractivity contribution in [3.63, 3.8) is 0 Å². The number of anilines is 1. The number of para-hydroxylation sites is 2. The molecule has 1 aromatic carbocycles. The number of carbonyl (C=O) groups excluding carboxylic acids is 1. The van der Waals surface area contributed by atoms with Crippen molar-refractivity contribution in [3.8, 4) is 5.75 Å². The molecule has 0 saturated heterocycles. The summed E-state index contributed by atoms with van der Waals surface area (Å²) in [7, 11) is 0. The molecule has 0 aliphatic carbocycles. The molecule has 0 bridgehead atoms. The fraction of sp³-hybridized carbons (Fsp3) is 0.0909. The lowest BCUT2D eigenvalue weighted by atomic mass is 10.3. The van der Waals surface area contributed by atoms with E-state index in [9.17, 15) is 9.90 Å². The molecule has 2 N–H and O–H groups in total. The third-order valence-electron chi connectivity index (χ3n) is 1.97. The van der Waals surface area contributed by atoms with Gasteiger partial charge in [-0.15, -0.1) is 0 Å². The zero-order valence-corrected chi connectivity index (χ0v) is 8.60. The second kappa shape index (κ2) is 4.06. The molecule has 1 aromatic heterocycles. The molecule has 0 atom stereocenters. The van der Waals surface area contributed by atoms with Crippen molar-refractivity contribution in [2.24, 2.45) is 0 Å². The first-order valence-corrected chi connectivity index (χ1v) is 4.68. The molecule has 0 aliphatic heterocycles. The number of nitrogens with one attached hydrogen (secondary N) is 1. The van der Waals surface area contributed by atoms with Gasteiger partial charge in [-0.2, -0.15) is 0 Å². The Bertz CT molecular complexity index is 519. The smallest absolute Gasteiger partial charge is 0.311 e. The topological polar surface area (TPSA) is 75.4 Å². The molecule has 5 nitrogen and oxygen atoms in total. The lowest BCUT2D eigenvalue weighted by molar-refractivity contribution is 0.0988. The van der Waals surface area contributed by atoms with E-state index in [1.54, 1.807) is 25.1 Å². The highest BCUT2D eigenvalue weighted by Crippen LogP contribution is 2.22. The number of rotatable bonds is 2. The van der Waals surface area contributed by atoms with Crippen molar-refractivity contribution < 1.29 is 14.3 Å². The van der Waals surface area contributed by atoms with Gasteiger partial charge >= 0.3 is 5.91 Å². The molecule has 0 radical (unpaired) electrons. The first-order valence-electron chi connectivity index (χ1n) is 4.68. The Morgan fingerprint density at radius 3 is 2.81 bits per heavy atom. The molecule has 16 heavy (non-hydrogen) atoms. The first-order chi connectivity index (χ1) is 7.66. The van der Waals surface area contributed by atoms with Crippen molar-refractivity contribution in [2.75, 3.05) is 5.32 Å². The lowest BCUT2D eigenvalue weighted by Crippen LogP contribution is -2.12. The summed E-state index contributed by atoms with van der Waals surface area (Å²) in [6.45, 7) is 1.70. The number of aryl methyl sites for hydroxylation is 1. The summed E-state index contributed by atoms with van der Waals surface area (Å²) in [5.41, 5.74) is 0.323. The van der Waals surface area contributed by atoms with E-state index in [1.807, 2.05) is 0 Å². The number of aromatic hydroxyl groups is 1. The fourth-order valence-electron chi connectivity index (χ4n) is 1.21. The molecule has 5 heteroatoms. The van der Waals surface area contributed by atoms with Gasteiger partial charge in [0.25, 0.3) is 5.89 Å². The summed E-state index contributed by atoms with van der Waals surface area (Å²) in [6, 6.07) is 6.44. The Kier molecular flexibility index (Phi) is 2.59. The molecular weight excluding hydrogens is 208 g/mol. The number of benzene rings is 1. The minimum absolute atomic E-state index is 0.000807. The van der Waals surface area contributed by atoms with E-state index in [2.05, 4.69) is 10.3 Å². The highest BCUT2D eigenvalue weighted by Gasteiger charge is 2.13. The van der Waals surface area contributed by atoms with Crippen LogP contribution in [-0.4, -0.2) is 16.0 Å². The Labute approximate surface area is 91.7 Å². The van der Waals surface area contributed by atoms with Gasteiger partial charge in [-0.1, -0.05) is 12.1 Å². The summed E-state index contributed by atoms with van der Waals surface area (Å²) in [5, 5.41) is 11.9. The van der Waals surface area contributed by atoms with Crippen LogP contribution in [0.4, 0.5) is 5.69 Å². The van der Waals surface area contributed by atoms with E-state index in [0.717, 1.165) is 0 Å². The maximum Gasteiger partial charge on any atom is 0.311 e. The summed E-state index contributed by atoms with van der Waals surface area (Å²) in [5.74, 6) is 0.0388. The molecule has 2 rings (SSSR count). The van der Waals surface area contributed by atoms with Crippen LogP contribution < -0.4 is 5.32 Å². The van der Waals surface area contributed by atoms with E-state index in [-0.39, 0.29) is 11.6 Å². The van der Waals surface area contributed by atoms with E-state index < -0.39 is 5.91 Å². The molecule has 1 amide bonds. The molecule has 0 spiro atoms. The highest BCUT2D eigenvalue weighted by atomic mass is 16.4. The average Bonchev–Trinajstić information content (AvgIpc) is 2.68. The van der Waals surface area contributed by atoms with Crippen molar-refractivity contribution in [3.05, 3.63) is 42.1 Å². The van der Waals surface area contributed by atoms with Crippen LogP contribution in [0.1, 0.15) is 16.4 Å². The van der Waals surface area contributed by atoms with Crippen molar-refractivity contribution in [1.82, 2.24) is 4.98 Å². The highest BCUT2D eigenvalue weighted by molar-refractivity contribution is 6.01. The number of phenols is 1. The number of oxazole rings is 1. The zero-order chi connectivity index (χ0) is 11.5. The fourth-order valence-corrected chi connectivity index (χ4v) is 1.21. The van der Waals surface area contributed by atoms with Gasteiger partial charge in [0.05, 0.1) is 11.9 Å². The van der Waals surface area contributed by atoms with Crippen LogP contribution in [0.25, 0.3) is 0 Å². The third-order valence-corrected chi connectivity index (χ3v) is 1.97. The van der Waals surface area contributed by atoms with Gasteiger partial charge in [-0.3, -0.25) is 4.79 Å². The predicted molar refractivity (Wildman–Crippen MR) is 57.3 cm³/mol. The van der Waals surface area contributed by atoms with Gasteiger partial charge in [0.2, 0.25) is 0 Å². The van der Waals surface area contributed by atoms with Crippen LogP contribution in [0.15, 0.2) is 34.9 Å². The second-order valence-electron chi connectivity index (χ2n) is 3.25. The Balaban J connectivity index is 2.17. The molecule has 1 heterocycles. The third kappa shape index (κ3) is 2.03. The van der Waals surface area contributed by atoms with Gasteiger partial charge in [0, 0.05) is 0 Å². The standard InChI is InChI=1S/C11H10N2O3/c1-7-6-12-11(16-7)10(15)13-8-4-2-3-5-9(8)14/h2-6,14H,1H3,(H,13,15). The molecule has 2 aromatic rings. The second-order valence-corrected chi connectivity index (χ2v) is 3.25. The lowest BCUT2D eigenvalue weighted by Gasteiger charge is -2.03. The number of nitrogens with zero attached hydrogens (tertiary/aromatic N) is 1. The van der Waals surface area contributed by atoms with Crippen molar-refractivity contribution in [2.45, 2.75) is 6.92 Å². The van der Waals surface area contributed by atoms with E-state index in [1.165, 1.54) is 12.3 Å². The van der Waals surface area contributed by atoms with Crippen LogP contribution in [0, 0.1) is 6.92 Å². The number of aromatic nitrogens is 1. The average molecular weight is 218 g/mol. The quantitative estimate of drug-likeness (QED) is 0.755. The number of amides is 1. The van der Waals surface area contributed by atoms with E-state index in [0.29, 0.717) is 11.4 Å². The normalized spacial score (nSPS) is 10.1. The SMILES string of the molecule is Cc1cnc(C(=O)Nc2ccccc2O)o1.